The number of nitrogens with two attached hydrogens (primary N) is 1. The predicted octanol–water partition coefficient (Wildman–Crippen LogP) is 3.18. The summed E-state index contributed by atoms with van der Waals surface area (Å²) in [6.07, 6.45) is 1.80. The van der Waals surface area contributed by atoms with Gasteiger partial charge in [-0.1, -0.05) is 24.3 Å². The number of para-hydroxylation sites is 1. The van der Waals surface area contributed by atoms with Gasteiger partial charge in [-0.3, -0.25) is 4.79 Å². The Morgan fingerprint density at radius 2 is 1.94 bits per heavy atom. The Hall–Kier alpha value is -3.82. The van der Waals surface area contributed by atoms with E-state index in [1.807, 2.05) is 61.0 Å². The van der Waals surface area contributed by atoms with Crippen LogP contribution >= 0.6 is 0 Å². The van der Waals surface area contributed by atoms with E-state index in [9.17, 15) is 4.79 Å². The summed E-state index contributed by atoms with van der Waals surface area (Å²) in [5, 5.41) is 3.21. The van der Waals surface area contributed by atoms with Gasteiger partial charge in [0.15, 0.2) is 11.5 Å². The number of ether oxygens (including phenoxy) is 1. The van der Waals surface area contributed by atoms with E-state index in [0.717, 1.165) is 47.5 Å². The van der Waals surface area contributed by atoms with Gasteiger partial charge in [-0.25, -0.2) is 15.0 Å². The molecule has 5 rings (SSSR count). The molecule has 1 amide bonds. The van der Waals surface area contributed by atoms with E-state index >= 15 is 0 Å². The number of hydrogen-bond acceptors (Lipinski definition) is 7. The number of hydrogen-bond donors (Lipinski definition) is 2. The SMILES string of the molecule is Cc1nc(Nc2ccc([C@@H]3CN(C)CCO3)cc2)c(C(N)=O)nc1-c1cccc2c1ncn2C. The van der Waals surface area contributed by atoms with Gasteiger partial charge in [-0.15, -0.1) is 0 Å². The average molecular weight is 458 g/mol. The molecule has 1 aliphatic rings. The van der Waals surface area contributed by atoms with Gasteiger partial charge >= 0.3 is 0 Å². The largest absolute Gasteiger partial charge is 0.371 e. The highest BCUT2D eigenvalue weighted by Crippen LogP contribution is 2.30. The normalized spacial score (nSPS) is 16.6. The van der Waals surface area contributed by atoms with Crippen molar-refractivity contribution < 1.29 is 9.53 Å². The molecular weight excluding hydrogens is 430 g/mol. The first-order valence-electron chi connectivity index (χ1n) is 11.2. The van der Waals surface area contributed by atoms with E-state index < -0.39 is 5.91 Å². The number of carbonyl (C=O) groups is 1. The number of likely N-dealkylation sites (N-methyl/N-ethyl adjacent to an activating group) is 1. The molecule has 0 saturated carbocycles. The van der Waals surface area contributed by atoms with Crippen molar-refractivity contribution in [1.82, 2.24) is 24.4 Å². The summed E-state index contributed by atoms with van der Waals surface area (Å²) < 4.78 is 7.83. The quantitative estimate of drug-likeness (QED) is 0.473. The molecule has 1 saturated heterocycles. The van der Waals surface area contributed by atoms with Gasteiger partial charge in [0.2, 0.25) is 0 Å². The molecule has 2 aromatic heterocycles. The molecule has 9 nitrogen and oxygen atoms in total. The molecule has 1 fully saturated rings. The summed E-state index contributed by atoms with van der Waals surface area (Å²) in [5.41, 5.74) is 11.5. The number of amides is 1. The topological polar surface area (TPSA) is 111 Å². The zero-order valence-corrected chi connectivity index (χ0v) is 19.4. The van der Waals surface area contributed by atoms with E-state index in [-0.39, 0.29) is 11.8 Å². The second-order valence-corrected chi connectivity index (χ2v) is 8.62. The van der Waals surface area contributed by atoms with Gasteiger partial charge < -0.3 is 25.3 Å². The Balaban J connectivity index is 1.47. The Bertz CT molecular complexity index is 1360. The van der Waals surface area contributed by atoms with Crippen LogP contribution in [0.15, 0.2) is 48.8 Å². The van der Waals surface area contributed by atoms with Gasteiger partial charge in [-0.05, 0) is 37.7 Å². The second kappa shape index (κ2) is 8.85. The molecule has 3 N–H and O–H groups in total. The van der Waals surface area contributed by atoms with E-state index in [2.05, 4.69) is 32.2 Å². The number of nitrogens with zero attached hydrogens (tertiary/aromatic N) is 5. The Morgan fingerprint density at radius 1 is 1.15 bits per heavy atom. The summed E-state index contributed by atoms with van der Waals surface area (Å²) in [6.45, 7) is 4.37. The standard InChI is InChI=1S/C25H27N7O2/c1-15-21(18-5-4-6-19-22(18)27-14-32(19)3)30-23(24(26)33)25(28-15)29-17-9-7-16(8-10-17)20-13-31(2)11-12-34-20/h4-10,14,20H,11-13H2,1-3H3,(H2,26,33)(H,28,29)/t20-/m0/s1. The maximum Gasteiger partial charge on any atom is 0.271 e. The lowest BCUT2D eigenvalue weighted by Gasteiger charge is -2.30. The van der Waals surface area contributed by atoms with Crippen LogP contribution in [-0.4, -0.2) is 57.1 Å². The van der Waals surface area contributed by atoms with Crippen molar-refractivity contribution in [2.45, 2.75) is 13.0 Å². The second-order valence-electron chi connectivity index (χ2n) is 8.62. The van der Waals surface area contributed by atoms with Crippen LogP contribution in [0.25, 0.3) is 22.3 Å². The van der Waals surface area contributed by atoms with Crippen molar-refractivity contribution >= 4 is 28.4 Å². The summed E-state index contributed by atoms with van der Waals surface area (Å²) in [7, 11) is 4.03. The molecule has 9 heteroatoms. The average Bonchev–Trinajstić information content (AvgIpc) is 3.21. The maximum atomic E-state index is 12.3. The number of fused-ring (bicyclic) bond motifs is 1. The van der Waals surface area contributed by atoms with Gasteiger partial charge in [0.1, 0.15) is 0 Å². The maximum absolute atomic E-state index is 12.3. The fraction of sp³-hybridized carbons (Fsp3) is 0.280. The fourth-order valence-electron chi connectivity index (χ4n) is 4.28. The van der Waals surface area contributed by atoms with Gasteiger partial charge in [0, 0.05) is 31.4 Å². The van der Waals surface area contributed by atoms with Crippen molar-refractivity contribution in [3.8, 4) is 11.3 Å². The minimum atomic E-state index is -0.653. The highest BCUT2D eigenvalue weighted by atomic mass is 16.5. The highest BCUT2D eigenvalue weighted by molar-refractivity contribution is 5.98. The van der Waals surface area contributed by atoms with E-state index in [1.54, 1.807) is 6.33 Å². The van der Waals surface area contributed by atoms with Crippen LogP contribution in [-0.2, 0) is 11.8 Å². The van der Waals surface area contributed by atoms with Crippen LogP contribution in [0.5, 0.6) is 0 Å². The number of anilines is 2. The summed E-state index contributed by atoms with van der Waals surface area (Å²) in [5.74, 6) is -0.331. The number of aryl methyl sites for hydroxylation is 2. The van der Waals surface area contributed by atoms with Crippen LogP contribution in [0.3, 0.4) is 0 Å². The lowest BCUT2D eigenvalue weighted by atomic mass is 10.1. The van der Waals surface area contributed by atoms with Crippen molar-refractivity contribution in [3.63, 3.8) is 0 Å². The minimum Gasteiger partial charge on any atom is -0.371 e. The molecule has 174 valence electrons. The van der Waals surface area contributed by atoms with Gasteiger partial charge in [-0.2, -0.15) is 0 Å². The number of nitrogens with one attached hydrogen (secondary N) is 1. The first-order valence-corrected chi connectivity index (χ1v) is 11.2. The highest BCUT2D eigenvalue weighted by Gasteiger charge is 2.21. The van der Waals surface area contributed by atoms with E-state index in [1.165, 1.54) is 0 Å². The number of primary amides is 1. The van der Waals surface area contributed by atoms with Crippen LogP contribution in [0.1, 0.15) is 27.8 Å². The monoisotopic (exact) mass is 457 g/mol. The molecule has 0 spiro atoms. The first kappa shape index (κ1) is 22.0. The lowest BCUT2D eigenvalue weighted by Crippen LogP contribution is -2.35. The third-order valence-electron chi connectivity index (χ3n) is 6.13. The number of aromatic nitrogens is 4. The van der Waals surface area contributed by atoms with Crippen molar-refractivity contribution in [2.75, 3.05) is 32.1 Å². The Kier molecular flexibility index (Phi) is 5.72. The molecule has 34 heavy (non-hydrogen) atoms. The molecule has 2 aromatic carbocycles. The number of benzene rings is 2. The third kappa shape index (κ3) is 4.11. The van der Waals surface area contributed by atoms with Crippen molar-refractivity contribution in [3.05, 3.63) is 65.7 Å². The third-order valence-corrected chi connectivity index (χ3v) is 6.13. The molecule has 0 radical (unpaired) electrons. The molecule has 0 bridgehead atoms. The predicted molar refractivity (Wildman–Crippen MR) is 131 cm³/mol. The van der Waals surface area contributed by atoms with Crippen molar-refractivity contribution in [2.24, 2.45) is 12.8 Å². The van der Waals surface area contributed by atoms with Crippen molar-refractivity contribution in [1.29, 1.82) is 0 Å². The lowest BCUT2D eigenvalue weighted by molar-refractivity contribution is -0.0208. The van der Waals surface area contributed by atoms with Gasteiger partial charge in [0.05, 0.1) is 41.5 Å². The van der Waals surface area contributed by atoms with E-state index in [4.69, 9.17) is 10.5 Å². The Morgan fingerprint density at radius 3 is 2.68 bits per heavy atom. The molecule has 1 aliphatic heterocycles. The zero-order chi connectivity index (χ0) is 23.8. The van der Waals surface area contributed by atoms with E-state index in [0.29, 0.717) is 17.2 Å². The number of carbonyl (C=O) groups excluding carboxylic acids is 1. The molecule has 0 aliphatic carbocycles. The summed E-state index contributed by atoms with van der Waals surface area (Å²) >= 11 is 0. The first-order chi connectivity index (χ1) is 16.4. The number of rotatable bonds is 5. The molecule has 0 unspecified atom stereocenters. The number of imidazole rings is 1. The summed E-state index contributed by atoms with van der Waals surface area (Å²) in [6, 6.07) is 13.8. The Labute approximate surface area is 197 Å². The van der Waals surface area contributed by atoms with Crippen LogP contribution < -0.4 is 11.1 Å². The molecule has 1 atom stereocenters. The molecular formula is C25H27N7O2. The fourth-order valence-corrected chi connectivity index (χ4v) is 4.28. The minimum absolute atomic E-state index is 0.0459. The summed E-state index contributed by atoms with van der Waals surface area (Å²) in [4.78, 5) is 28.3. The smallest absolute Gasteiger partial charge is 0.271 e. The van der Waals surface area contributed by atoms with Crippen LogP contribution in [0.4, 0.5) is 11.5 Å². The van der Waals surface area contributed by atoms with Gasteiger partial charge in [0.25, 0.3) is 5.91 Å². The number of morpholine rings is 1. The molecule has 3 heterocycles. The molecule has 4 aromatic rings. The van der Waals surface area contributed by atoms with Crippen LogP contribution in [0.2, 0.25) is 0 Å². The zero-order valence-electron chi connectivity index (χ0n) is 19.4. The van der Waals surface area contributed by atoms with Crippen LogP contribution in [0, 0.1) is 6.92 Å².